The quantitative estimate of drug-likeness (QED) is 0.636. The second-order valence-corrected chi connectivity index (χ2v) is 5.53. The third-order valence-corrected chi connectivity index (χ3v) is 3.99. The van der Waals surface area contributed by atoms with Crippen molar-refractivity contribution in [3.63, 3.8) is 0 Å². The Morgan fingerprint density at radius 2 is 2.47 bits per heavy atom. The maximum absolute atomic E-state index is 11.4. The molecule has 0 aromatic carbocycles. The summed E-state index contributed by atoms with van der Waals surface area (Å²) in [7, 11) is 0. The zero-order valence-corrected chi connectivity index (χ0v) is 10.5. The van der Waals surface area contributed by atoms with Crippen LogP contribution in [0.3, 0.4) is 0 Å². The van der Waals surface area contributed by atoms with E-state index in [2.05, 4.69) is 0 Å². The van der Waals surface area contributed by atoms with Gasteiger partial charge in [-0.1, -0.05) is 24.0 Å². The minimum Gasteiger partial charge on any atom is -0.548 e. The fourth-order valence-electron chi connectivity index (χ4n) is 1.25. The van der Waals surface area contributed by atoms with Crippen LogP contribution in [0.2, 0.25) is 0 Å². The van der Waals surface area contributed by atoms with Crippen LogP contribution in [0, 0.1) is 0 Å². The first-order chi connectivity index (χ1) is 7.07. The van der Waals surface area contributed by atoms with Crippen molar-refractivity contribution in [2.45, 2.75) is 12.5 Å². The van der Waals surface area contributed by atoms with Gasteiger partial charge in [-0.15, -0.1) is 0 Å². The number of carboxylic acids is 1. The summed E-state index contributed by atoms with van der Waals surface area (Å²) in [5.41, 5.74) is 0. The summed E-state index contributed by atoms with van der Waals surface area (Å²) >= 11 is 7.67. The van der Waals surface area contributed by atoms with Crippen LogP contribution >= 0.6 is 35.7 Å². The van der Waals surface area contributed by atoms with Crippen LogP contribution in [0.15, 0.2) is 0 Å². The molecule has 1 atom stereocenters. The van der Waals surface area contributed by atoms with Crippen molar-refractivity contribution in [1.29, 1.82) is 0 Å². The van der Waals surface area contributed by atoms with Crippen LogP contribution in [-0.4, -0.2) is 44.9 Å². The maximum atomic E-state index is 11.4. The molecule has 0 unspecified atom stereocenters. The van der Waals surface area contributed by atoms with Crippen LogP contribution in [0.25, 0.3) is 0 Å². The number of amides is 1. The molecule has 1 aliphatic rings. The minimum atomic E-state index is -1.23. The molecule has 84 valence electrons. The number of thioether (sulfide) groups is 2. The molecule has 0 spiro atoms. The standard InChI is InChI=1S/C8H11NO3S3/c1-14-3-2-5(7(11)12)9-6(10)4-15-8(9)13/h5H,2-4H2,1H3,(H,11,12)/p-1/t5-/m1/s1. The highest BCUT2D eigenvalue weighted by molar-refractivity contribution is 8.24. The smallest absolute Gasteiger partial charge is 0.239 e. The van der Waals surface area contributed by atoms with Crippen LogP contribution in [0.1, 0.15) is 6.42 Å². The Morgan fingerprint density at radius 3 is 2.87 bits per heavy atom. The number of carboxylic acid groups (broad SMARTS) is 1. The van der Waals surface area contributed by atoms with E-state index in [1.807, 2.05) is 6.26 Å². The molecule has 1 amide bonds. The molecule has 15 heavy (non-hydrogen) atoms. The van der Waals surface area contributed by atoms with E-state index in [-0.39, 0.29) is 11.7 Å². The normalized spacial score (nSPS) is 18.3. The van der Waals surface area contributed by atoms with E-state index in [1.165, 1.54) is 28.4 Å². The van der Waals surface area contributed by atoms with Crippen molar-refractivity contribution in [3.05, 3.63) is 0 Å². The average Bonchev–Trinajstić information content (AvgIpc) is 2.49. The molecule has 0 saturated carbocycles. The number of hydrogen-bond acceptors (Lipinski definition) is 6. The third kappa shape index (κ3) is 3.09. The Bertz CT molecular complexity index is 279. The molecule has 0 aliphatic carbocycles. The van der Waals surface area contributed by atoms with Gasteiger partial charge in [0.1, 0.15) is 4.32 Å². The Morgan fingerprint density at radius 1 is 1.80 bits per heavy atom. The molecule has 1 heterocycles. The van der Waals surface area contributed by atoms with Crippen LogP contribution in [0.5, 0.6) is 0 Å². The van der Waals surface area contributed by atoms with Gasteiger partial charge in [0.15, 0.2) is 0 Å². The van der Waals surface area contributed by atoms with E-state index in [9.17, 15) is 14.7 Å². The van der Waals surface area contributed by atoms with Crippen molar-refractivity contribution < 1.29 is 14.7 Å². The van der Waals surface area contributed by atoms with Gasteiger partial charge < -0.3 is 9.90 Å². The van der Waals surface area contributed by atoms with Crippen molar-refractivity contribution in [3.8, 4) is 0 Å². The van der Waals surface area contributed by atoms with Crippen LogP contribution < -0.4 is 5.11 Å². The third-order valence-electron chi connectivity index (χ3n) is 1.96. The topological polar surface area (TPSA) is 60.4 Å². The molecule has 0 aromatic rings. The number of carbonyl (C=O) groups is 2. The van der Waals surface area contributed by atoms with Gasteiger partial charge in [-0.05, 0) is 18.4 Å². The van der Waals surface area contributed by atoms with E-state index in [1.54, 1.807) is 0 Å². The monoisotopic (exact) mass is 264 g/mol. The summed E-state index contributed by atoms with van der Waals surface area (Å²) in [6, 6.07) is -0.910. The molecule has 1 aliphatic heterocycles. The number of thiocarbonyl (C=S) groups is 1. The molecular weight excluding hydrogens is 254 g/mol. The average molecular weight is 264 g/mol. The van der Waals surface area contributed by atoms with Gasteiger partial charge >= 0.3 is 0 Å². The molecule has 4 nitrogen and oxygen atoms in total. The van der Waals surface area contributed by atoms with Gasteiger partial charge in [0.25, 0.3) is 0 Å². The lowest BCUT2D eigenvalue weighted by atomic mass is 10.2. The molecule has 1 fully saturated rings. The van der Waals surface area contributed by atoms with E-state index in [4.69, 9.17) is 12.2 Å². The zero-order valence-electron chi connectivity index (χ0n) is 8.10. The predicted octanol–water partition coefficient (Wildman–Crippen LogP) is -0.282. The van der Waals surface area contributed by atoms with Gasteiger partial charge in [0.2, 0.25) is 5.91 Å². The van der Waals surface area contributed by atoms with Gasteiger partial charge in [0.05, 0.1) is 17.8 Å². The summed E-state index contributed by atoms with van der Waals surface area (Å²) in [4.78, 5) is 23.5. The number of hydrogen-bond donors (Lipinski definition) is 0. The molecule has 0 radical (unpaired) electrons. The van der Waals surface area contributed by atoms with Gasteiger partial charge in [-0.2, -0.15) is 11.8 Å². The van der Waals surface area contributed by atoms with Crippen LogP contribution in [0.4, 0.5) is 0 Å². The molecule has 0 aromatic heterocycles. The SMILES string of the molecule is CSCC[C@H](C(=O)[O-])N1C(=O)CSC1=S. The predicted molar refractivity (Wildman–Crippen MR) is 63.7 cm³/mol. The number of carbonyl (C=O) groups excluding carboxylic acids is 2. The van der Waals surface area contributed by atoms with Gasteiger partial charge in [-0.25, -0.2) is 0 Å². The fraction of sp³-hybridized carbons (Fsp3) is 0.625. The van der Waals surface area contributed by atoms with Gasteiger partial charge in [-0.3, -0.25) is 9.69 Å². The maximum Gasteiger partial charge on any atom is 0.239 e. The molecule has 7 heteroatoms. The van der Waals surface area contributed by atoms with Crippen molar-refractivity contribution in [2.75, 3.05) is 17.8 Å². The summed E-state index contributed by atoms with van der Waals surface area (Å²) in [6.07, 6.45) is 2.25. The highest BCUT2D eigenvalue weighted by Crippen LogP contribution is 2.23. The summed E-state index contributed by atoms with van der Waals surface area (Å²) in [5.74, 6) is -0.569. The number of aliphatic carboxylic acids is 1. The second-order valence-electron chi connectivity index (χ2n) is 2.93. The van der Waals surface area contributed by atoms with Crippen molar-refractivity contribution in [1.82, 2.24) is 4.90 Å². The first-order valence-corrected chi connectivity index (χ1v) is 7.05. The summed E-state index contributed by atoms with van der Waals surface area (Å²) in [6.45, 7) is 0. The molecular formula is C8H10NO3S3-. The first kappa shape index (κ1) is 12.8. The van der Waals surface area contributed by atoms with Crippen molar-refractivity contribution in [2.24, 2.45) is 0 Å². The highest BCUT2D eigenvalue weighted by atomic mass is 32.2. The van der Waals surface area contributed by atoms with Crippen molar-refractivity contribution >= 4 is 51.9 Å². The van der Waals surface area contributed by atoms with E-state index < -0.39 is 12.0 Å². The fourth-order valence-corrected chi connectivity index (χ4v) is 2.87. The van der Waals surface area contributed by atoms with E-state index >= 15 is 0 Å². The summed E-state index contributed by atoms with van der Waals surface area (Å²) < 4.78 is 0.343. The Balaban J connectivity index is 2.74. The van der Waals surface area contributed by atoms with E-state index in [0.717, 1.165) is 0 Å². The Kier molecular flexibility index (Phi) is 4.88. The highest BCUT2D eigenvalue weighted by Gasteiger charge is 2.33. The lowest BCUT2D eigenvalue weighted by molar-refractivity contribution is -0.310. The summed E-state index contributed by atoms with van der Waals surface area (Å²) in [5, 5.41) is 10.9. The Hall–Kier alpha value is -0.270. The van der Waals surface area contributed by atoms with Gasteiger partial charge in [0, 0.05) is 0 Å². The molecule has 0 N–H and O–H groups in total. The molecule has 1 saturated heterocycles. The minimum absolute atomic E-state index is 0.236. The lowest BCUT2D eigenvalue weighted by Gasteiger charge is -2.27. The van der Waals surface area contributed by atoms with Crippen LogP contribution in [-0.2, 0) is 9.59 Å². The largest absolute Gasteiger partial charge is 0.548 e. The lowest BCUT2D eigenvalue weighted by Crippen LogP contribution is -2.50. The van der Waals surface area contributed by atoms with E-state index in [0.29, 0.717) is 16.5 Å². The molecule has 0 bridgehead atoms. The molecule has 1 rings (SSSR count). The first-order valence-electron chi connectivity index (χ1n) is 4.26. The number of rotatable bonds is 5. The Labute approximate surface area is 102 Å². The second kappa shape index (κ2) is 5.72. The zero-order chi connectivity index (χ0) is 11.4. The number of nitrogens with zero attached hydrogens (tertiary/aromatic N) is 1.